The predicted octanol–water partition coefficient (Wildman–Crippen LogP) is 4.37. The summed E-state index contributed by atoms with van der Waals surface area (Å²) < 4.78 is 40.1. The minimum absolute atomic E-state index is 0.0946. The van der Waals surface area contributed by atoms with Gasteiger partial charge in [0.15, 0.2) is 5.65 Å². The Morgan fingerprint density at radius 1 is 1.10 bits per heavy atom. The lowest BCUT2D eigenvalue weighted by molar-refractivity contribution is -0.137. The van der Waals surface area contributed by atoms with Crippen LogP contribution in [0, 0.1) is 0 Å². The number of piperidine rings is 1. The van der Waals surface area contributed by atoms with E-state index >= 15 is 0 Å². The fourth-order valence-electron chi connectivity index (χ4n) is 4.81. The van der Waals surface area contributed by atoms with E-state index in [1.807, 2.05) is 28.9 Å². The fourth-order valence-corrected chi connectivity index (χ4v) is 4.81. The number of benzene rings is 2. The summed E-state index contributed by atoms with van der Waals surface area (Å²) in [6.45, 7) is 4.89. The normalized spacial score (nSPS) is 15.7. The number of carbonyl (C=O) groups is 2. The molecule has 5 rings (SSSR count). The van der Waals surface area contributed by atoms with E-state index in [2.05, 4.69) is 21.9 Å². The van der Waals surface area contributed by atoms with Gasteiger partial charge in [-0.05, 0) is 48.7 Å². The zero-order valence-corrected chi connectivity index (χ0v) is 21.4. The van der Waals surface area contributed by atoms with Crippen LogP contribution in [0.4, 0.5) is 19.0 Å². The van der Waals surface area contributed by atoms with Gasteiger partial charge >= 0.3 is 6.18 Å². The number of alkyl halides is 3. The smallest absolute Gasteiger partial charge is 0.383 e. The third-order valence-electron chi connectivity index (χ3n) is 6.90. The molecule has 9 nitrogen and oxygen atoms in total. The van der Waals surface area contributed by atoms with Crippen molar-refractivity contribution in [2.45, 2.75) is 31.6 Å². The van der Waals surface area contributed by atoms with Crippen LogP contribution in [-0.2, 0) is 17.5 Å². The number of nitrogens with zero attached hydrogens (tertiary/aromatic N) is 5. The van der Waals surface area contributed by atoms with Gasteiger partial charge in [0.1, 0.15) is 17.8 Å². The van der Waals surface area contributed by atoms with Crippen LogP contribution in [0.1, 0.15) is 40.4 Å². The summed E-state index contributed by atoms with van der Waals surface area (Å²) in [5, 5.41) is 8.18. The molecular formula is C28H26F3N7O2. The van der Waals surface area contributed by atoms with Crippen LogP contribution in [-0.4, -0.2) is 49.6 Å². The van der Waals surface area contributed by atoms with Crippen molar-refractivity contribution in [2.75, 3.05) is 18.8 Å². The van der Waals surface area contributed by atoms with Crippen LogP contribution in [0.2, 0.25) is 0 Å². The Bertz CT molecular complexity index is 1560. The van der Waals surface area contributed by atoms with Gasteiger partial charge in [-0.25, -0.2) is 14.6 Å². The molecule has 1 atom stereocenters. The van der Waals surface area contributed by atoms with Gasteiger partial charge in [-0.15, -0.1) is 0 Å². The number of hydrogen-bond donors (Lipinski definition) is 2. The molecular weight excluding hydrogens is 523 g/mol. The molecule has 206 valence electrons. The number of fused-ring (bicyclic) bond motifs is 1. The van der Waals surface area contributed by atoms with Crippen LogP contribution < -0.4 is 11.1 Å². The summed E-state index contributed by atoms with van der Waals surface area (Å²) in [5.74, 6) is -0.325. The molecule has 1 aliphatic heterocycles. The number of likely N-dealkylation sites (tertiary alicyclic amines) is 1. The lowest BCUT2D eigenvalue weighted by atomic mass is 10.1. The first kappa shape index (κ1) is 26.9. The van der Waals surface area contributed by atoms with Gasteiger partial charge < -0.3 is 16.0 Å². The maximum Gasteiger partial charge on any atom is 0.416 e. The number of rotatable bonds is 6. The number of hydrogen-bond acceptors (Lipinski definition) is 6. The van der Waals surface area contributed by atoms with Crippen molar-refractivity contribution in [1.82, 2.24) is 30.0 Å². The number of carbonyl (C=O) groups excluding carboxylic acids is 2. The van der Waals surface area contributed by atoms with Crippen molar-refractivity contribution in [3.05, 3.63) is 84.2 Å². The number of nitrogen functional groups attached to an aromatic ring is 1. The molecule has 0 spiro atoms. The summed E-state index contributed by atoms with van der Waals surface area (Å²) in [6, 6.07) is 11.3. The molecule has 0 radical (unpaired) electrons. The van der Waals surface area contributed by atoms with E-state index in [0.29, 0.717) is 29.8 Å². The van der Waals surface area contributed by atoms with Crippen molar-refractivity contribution in [3.8, 4) is 11.3 Å². The van der Waals surface area contributed by atoms with E-state index in [0.717, 1.165) is 48.2 Å². The average Bonchev–Trinajstić information content (AvgIpc) is 3.36. The molecule has 2 amide bonds. The van der Waals surface area contributed by atoms with Gasteiger partial charge in [0.2, 0.25) is 5.91 Å². The summed E-state index contributed by atoms with van der Waals surface area (Å²) in [5.41, 5.74) is 8.28. The molecule has 1 fully saturated rings. The molecule has 1 unspecified atom stereocenters. The van der Waals surface area contributed by atoms with Crippen LogP contribution in [0.25, 0.3) is 22.3 Å². The maximum atomic E-state index is 12.8. The maximum absolute atomic E-state index is 12.8. The highest BCUT2D eigenvalue weighted by molar-refractivity contribution is 5.98. The van der Waals surface area contributed by atoms with Crippen molar-refractivity contribution in [3.63, 3.8) is 0 Å². The lowest BCUT2D eigenvalue weighted by Crippen LogP contribution is -2.40. The molecule has 40 heavy (non-hydrogen) atoms. The molecule has 12 heteroatoms. The first-order valence-corrected chi connectivity index (χ1v) is 12.6. The van der Waals surface area contributed by atoms with E-state index in [-0.39, 0.29) is 29.9 Å². The Balaban J connectivity index is 1.34. The van der Waals surface area contributed by atoms with Crippen molar-refractivity contribution in [2.24, 2.45) is 0 Å². The number of halogens is 3. The van der Waals surface area contributed by atoms with Crippen LogP contribution in [0.5, 0.6) is 0 Å². The lowest BCUT2D eigenvalue weighted by Gasteiger charge is -2.32. The first-order valence-electron chi connectivity index (χ1n) is 12.6. The van der Waals surface area contributed by atoms with E-state index in [1.165, 1.54) is 12.4 Å². The van der Waals surface area contributed by atoms with Crippen molar-refractivity contribution < 1.29 is 22.8 Å². The highest BCUT2D eigenvalue weighted by Gasteiger charge is 2.30. The number of amides is 2. The summed E-state index contributed by atoms with van der Waals surface area (Å²) in [7, 11) is 0. The Hall–Kier alpha value is -4.74. The minimum Gasteiger partial charge on any atom is -0.383 e. The number of aromatic nitrogens is 4. The van der Waals surface area contributed by atoms with Gasteiger partial charge in [0.05, 0.1) is 17.0 Å². The molecule has 2 aromatic carbocycles. The summed E-state index contributed by atoms with van der Waals surface area (Å²) in [4.78, 5) is 35.0. The predicted molar refractivity (Wildman–Crippen MR) is 143 cm³/mol. The monoisotopic (exact) mass is 549 g/mol. The molecule has 0 bridgehead atoms. The fraction of sp³-hybridized carbons (Fsp3) is 0.250. The van der Waals surface area contributed by atoms with E-state index in [4.69, 9.17) is 10.8 Å². The molecule has 2 aromatic heterocycles. The Kier molecular flexibility index (Phi) is 7.24. The first-order chi connectivity index (χ1) is 19.2. The van der Waals surface area contributed by atoms with Crippen LogP contribution in [0.15, 0.2) is 67.5 Å². The van der Waals surface area contributed by atoms with Crippen molar-refractivity contribution >= 4 is 28.7 Å². The summed E-state index contributed by atoms with van der Waals surface area (Å²) >= 11 is 0. The molecule has 3 N–H and O–H groups in total. The van der Waals surface area contributed by atoms with Crippen LogP contribution >= 0.6 is 0 Å². The zero-order chi connectivity index (χ0) is 28.4. The number of nitrogens with one attached hydrogen (secondary N) is 1. The minimum atomic E-state index is -4.46. The topological polar surface area (TPSA) is 119 Å². The largest absolute Gasteiger partial charge is 0.416 e. The van der Waals surface area contributed by atoms with E-state index < -0.39 is 17.6 Å². The van der Waals surface area contributed by atoms with Gasteiger partial charge in [-0.1, -0.05) is 30.8 Å². The van der Waals surface area contributed by atoms with Gasteiger partial charge in [-0.2, -0.15) is 18.3 Å². The average molecular weight is 550 g/mol. The Morgan fingerprint density at radius 2 is 1.82 bits per heavy atom. The van der Waals surface area contributed by atoms with Crippen LogP contribution in [0.3, 0.4) is 0 Å². The summed E-state index contributed by atoms with van der Waals surface area (Å²) in [6.07, 6.45) is -0.136. The number of nitrogens with two attached hydrogens (primary N) is 1. The third-order valence-corrected chi connectivity index (χ3v) is 6.90. The molecule has 3 heterocycles. The Morgan fingerprint density at radius 3 is 2.50 bits per heavy atom. The zero-order valence-electron chi connectivity index (χ0n) is 21.4. The highest BCUT2D eigenvalue weighted by Crippen LogP contribution is 2.34. The second-order valence-corrected chi connectivity index (χ2v) is 9.49. The highest BCUT2D eigenvalue weighted by atomic mass is 19.4. The quantitative estimate of drug-likeness (QED) is 0.345. The molecule has 0 aliphatic carbocycles. The van der Waals surface area contributed by atoms with E-state index in [9.17, 15) is 22.8 Å². The molecule has 0 saturated carbocycles. The van der Waals surface area contributed by atoms with E-state index in [1.54, 1.807) is 4.90 Å². The standard InChI is InChI=1S/C28H26F3N7O2/c1-2-22(39)37-13-3-4-21(15-37)38-26-23(25(32)34-16-35-26)24(36-38)18-7-5-17(6-8-18)14-33-27(40)19-9-11-20(12-10-19)28(29,30)31/h2,5-12,16,21H,1,3-4,13-15H2,(H,33,40)(H2,32,34,35). The van der Waals surface area contributed by atoms with Crippen molar-refractivity contribution in [1.29, 1.82) is 0 Å². The Labute approximate surface area is 227 Å². The second kappa shape index (κ2) is 10.8. The SMILES string of the molecule is C=CC(=O)N1CCCC(n2nc(-c3ccc(CNC(=O)c4ccc(C(F)(F)F)cc4)cc3)c3c(N)ncnc32)C1. The molecule has 1 aliphatic rings. The molecule has 4 aromatic rings. The van der Waals surface area contributed by atoms with Gasteiger partial charge in [0, 0.05) is 30.8 Å². The second-order valence-electron chi connectivity index (χ2n) is 9.49. The third kappa shape index (κ3) is 5.37. The molecule has 1 saturated heterocycles. The van der Waals surface area contributed by atoms with Gasteiger partial charge in [-0.3, -0.25) is 9.59 Å². The van der Waals surface area contributed by atoms with Gasteiger partial charge in [0.25, 0.3) is 5.91 Å². The number of anilines is 1.